The van der Waals surface area contributed by atoms with E-state index in [0.717, 1.165) is 6.92 Å². The van der Waals surface area contributed by atoms with Gasteiger partial charge < -0.3 is 75.2 Å². The van der Waals surface area contributed by atoms with Crippen molar-refractivity contribution in [3.8, 4) is 0 Å². The SMILES string of the molecule is CC(=O)N[C@H]1[C@H](O[C@@H]2CO[C@@H](O)[C@H](O)[C@H]2O)O[C@H](C)[C@H](O)[C@@H]1O[C@@]1(C(=O)O)C[C@H](O)[C@H](O)[C@H]([C@@H](NC=O)[C@H](C)O)O1. The fourth-order valence-corrected chi connectivity index (χ4v) is 5.04. The topological polar surface area (TPSA) is 283 Å². The van der Waals surface area contributed by atoms with Crippen LogP contribution >= 0.6 is 0 Å². The molecule has 0 aliphatic carbocycles. The summed E-state index contributed by atoms with van der Waals surface area (Å²) < 4.78 is 27.8. The summed E-state index contributed by atoms with van der Waals surface area (Å²) in [4.78, 5) is 35.9. The minimum absolute atomic E-state index is 0.176. The summed E-state index contributed by atoms with van der Waals surface area (Å²) in [5.41, 5.74) is 0. The number of aliphatic carboxylic acids is 1. The van der Waals surface area contributed by atoms with Gasteiger partial charge in [-0.3, -0.25) is 9.59 Å². The van der Waals surface area contributed by atoms with Gasteiger partial charge in [0.15, 0.2) is 12.6 Å². The van der Waals surface area contributed by atoms with Crippen LogP contribution in [0.15, 0.2) is 0 Å². The van der Waals surface area contributed by atoms with Gasteiger partial charge in [-0.2, -0.15) is 0 Å². The van der Waals surface area contributed by atoms with Gasteiger partial charge in [0.25, 0.3) is 5.79 Å². The summed E-state index contributed by atoms with van der Waals surface area (Å²) in [6.07, 6.45) is -20.0. The lowest BCUT2D eigenvalue weighted by Gasteiger charge is -2.50. The van der Waals surface area contributed by atoms with Crippen molar-refractivity contribution >= 4 is 18.3 Å². The Kier molecular flexibility index (Phi) is 11.0. The second-order valence-electron chi connectivity index (χ2n) is 10.3. The van der Waals surface area contributed by atoms with Gasteiger partial charge in [0.1, 0.15) is 48.8 Å². The Bertz CT molecular complexity index is 926. The summed E-state index contributed by atoms with van der Waals surface area (Å²) in [5.74, 6) is -5.33. The highest BCUT2D eigenvalue weighted by Gasteiger charge is 2.59. The van der Waals surface area contributed by atoms with Crippen molar-refractivity contribution in [2.24, 2.45) is 0 Å². The number of hydrogen-bond donors (Lipinski definition) is 10. The van der Waals surface area contributed by atoms with Crippen LogP contribution in [0.4, 0.5) is 0 Å². The van der Waals surface area contributed by atoms with E-state index < -0.39 is 116 Å². The molecule has 0 unspecified atom stereocenters. The molecular weight excluding hydrogens is 560 g/mol. The smallest absolute Gasteiger partial charge is 0.364 e. The summed E-state index contributed by atoms with van der Waals surface area (Å²) in [5, 5.41) is 87.0. The number of carboxylic acid groups (broad SMARTS) is 1. The number of carbonyl (C=O) groups excluding carboxylic acids is 2. The van der Waals surface area contributed by atoms with Crippen molar-refractivity contribution in [3.05, 3.63) is 0 Å². The normalized spacial score (nSPS) is 44.8. The van der Waals surface area contributed by atoms with Gasteiger partial charge in [-0.25, -0.2) is 4.79 Å². The molecule has 18 nitrogen and oxygen atoms in total. The molecule has 0 spiro atoms. The zero-order chi connectivity index (χ0) is 30.8. The van der Waals surface area contributed by atoms with Crippen molar-refractivity contribution in [2.45, 2.75) is 119 Å². The Hall–Kier alpha value is -2.07. The minimum Gasteiger partial charge on any atom is -0.477 e. The number of carboxylic acids is 1. The third kappa shape index (κ3) is 7.12. The average Bonchev–Trinajstić information content (AvgIpc) is 2.89. The first kappa shape index (κ1) is 33.4. The molecule has 2 amide bonds. The predicted octanol–water partition coefficient (Wildman–Crippen LogP) is -5.78. The maximum Gasteiger partial charge on any atom is 0.364 e. The molecule has 10 N–H and O–H groups in total. The molecule has 0 aromatic carbocycles. The lowest BCUT2D eigenvalue weighted by molar-refractivity contribution is -0.364. The highest BCUT2D eigenvalue weighted by atomic mass is 16.7. The summed E-state index contributed by atoms with van der Waals surface area (Å²) >= 11 is 0. The first-order chi connectivity index (χ1) is 19.1. The van der Waals surface area contributed by atoms with Crippen molar-refractivity contribution in [2.75, 3.05) is 6.61 Å². The van der Waals surface area contributed by atoms with E-state index in [9.17, 15) is 55.2 Å². The fourth-order valence-electron chi connectivity index (χ4n) is 5.04. The number of rotatable bonds is 10. The quantitative estimate of drug-likeness (QED) is 0.105. The third-order valence-corrected chi connectivity index (χ3v) is 7.27. The van der Waals surface area contributed by atoms with Crippen molar-refractivity contribution < 1.29 is 78.9 Å². The standard InChI is InChI=1S/C23H38N2O16/c1-7(27)12(24-6-26)18-15(31)10(29)4-23(40-18,22(35)36)41-19-13(25-9(3)28)21(38-8(2)14(19)30)39-11-5-37-20(34)17(33)16(11)32/h6-8,10-21,27,29-34H,4-5H2,1-3H3,(H,24,26)(H,25,28)(H,35,36)/t7-,8+,10-,11+,12-,13+,14-,15-,16-,17+,18-,19+,20+,21-,23+/m0/s1. The van der Waals surface area contributed by atoms with Gasteiger partial charge in [-0.05, 0) is 13.8 Å². The molecule has 41 heavy (non-hydrogen) atoms. The number of aliphatic hydroxyl groups excluding tert-OH is 7. The van der Waals surface area contributed by atoms with E-state index in [1.165, 1.54) is 13.8 Å². The molecule has 236 valence electrons. The summed E-state index contributed by atoms with van der Waals surface area (Å²) in [7, 11) is 0. The zero-order valence-electron chi connectivity index (χ0n) is 22.4. The van der Waals surface area contributed by atoms with Crippen LogP contribution in [0.25, 0.3) is 0 Å². The van der Waals surface area contributed by atoms with Crippen LogP contribution in [0.1, 0.15) is 27.2 Å². The molecule has 3 rings (SSSR count). The van der Waals surface area contributed by atoms with Gasteiger partial charge in [-0.1, -0.05) is 0 Å². The zero-order valence-corrected chi connectivity index (χ0v) is 22.4. The van der Waals surface area contributed by atoms with Crippen LogP contribution in [0.3, 0.4) is 0 Å². The Morgan fingerprint density at radius 3 is 2.29 bits per heavy atom. The van der Waals surface area contributed by atoms with Crippen molar-refractivity contribution in [1.82, 2.24) is 10.6 Å². The summed E-state index contributed by atoms with van der Waals surface area (Å²) in [6, 6.07) is -2.91. The third-order valence-electron chi connectivity index (χ3n) is 7.27. The molecule has 0 aromatic heterocycles. The average molecular weight is 599 g/mol. The Balaban J connectivity index is 1.97. The monoisotopic (exact) mass is 598 g/mol. The van der Waals surface area contributed by atoms with Crippen LogP contribution in [0, 0.1) is 0 Å². The maximum atomic E-state index is 12.6. The molecule has 3 saturated heterocycles. The van der Waals surface area contributed by atoms with Crippen LogP contribution in [-0.2, 0) is 38.1 Å². The van der Waals surface area contributed by atoms with Crippen LogP contribution in [0.2, 0.25) is 0 Å². The van der Waals surface area contributed by atoms with Crippen molar-refractivity contribution in [3.63, 3.8) is 0 Å². The van der Waals surface area contributed by atoms with Gasteiger partial charge in [-0.15, -0.1) is 0 Å². The Labute approximate surface area is 233 Å². The number of hydrogen-bond acceptors (Lipinski definition) is 15. The number of carbonyl (C=O) groups is 3. The van der Waals surface area contributed by atoms with E-state index in [1.807, 2.05) is 0 Å². The highest BCUT2D eigenvalue weighted by Crippen LogP contribution is 2.37. The van der Waals surface area contributed by atoms with Crippen LogP contribution in [-0.4, -0.2) is 157 Å². The Morgan fingerprint density at radius 2 is 1.73 bits per heavy atom. The van der Waals surface area contributed by atoms with E-state index in [1.54, 1.807) is 0 Å². The molecule has 3 aliphatic heterocycles. The molecule has 0 aromatic rings. The number of amides is 2. The predicted molar refractivity (Wildman–Crippen MR) is 128 cm³/mol. The van der Waals surface area contributed by atoms with Gasteiger partial charge in [0.2, 0.25) is 12.3 Å². The first-order valence-corrected chi connectivity index (χ1v) is 12.9. The summed E-state index contributed by atoms with van der Waals surface area (Å²) in [6.45, 7) is 3.25. The van der Waals surface area contributed by atoms with E-state index >= 15 is 0 Å². The van der Waals surface area contributed by atoms with Crippen molar-refractivity contribution in [1.29, 1.82) is 0 Å². The van der Waals surface area contributed by atoms with Gasteiger partial charge in [0.05, 0.1) is 31.0 Å². The molecule has 15 atom stereocenters. The second-order valence-corrected chi connectivity index (χ2v) is 10.3. The first-order valence-electron chi connectivity index (χ1n) is 12.9. The maximum absolute atomic E-state index is 12.6. The van der Waals surface area contributed by atoms with Crippen LogP contribution < -0.4 is 10.6 Å². The Morgan fingerprint density at radius 1 is 1.07 bits per heavy atom. The van der Waals surface area contributed by atoms with Gasteiger partial charge >= 0.3 is 5.97 Å². The lowest BCUT2D eigenvalue weighted by Crippen LogP contribution is -2.71. The molecule has 0 bridgehead atoms. The number of nitrogens with one attached hydrogen (secondary N) is 2. The van der Waals surface area contributed by atoms with E-state index in [0.29, 0.717) is 0 Å². The lowest BCUT2D eigenvalue weighted by atomic mass is 9.89. The second kappa shape index (κ2) is 13.5. The molecule has 18 heteroatoms. The molecular formula is C23H38N2O16. The molecule has 3 fully saturated rings. The fraction of sp³-hybridized carbons (Fsp3) is 0.870. The van der Waals surface area contributed by atoms with Gasteiger partial charge in [0, 0.05) is 13.3 Å². The highest BCUT2D eigenvalue weighted by molar-refractivity contribution is 5.76. The number of aliphatic hydroxyl groups is 7. The molecule has 3 aliphatic rings. The molecule has 0 radical (unpaired) electrons. The molecule has 0 saturated carbocycles. The minimum atomic E-state index is -2.81. The van der Waals surface area contributed by atoms with E-state index in [4.69, 9.17) is 23.7 Å². The van der Waals surface area contributed by atoms with E-state index in [2.05, 4.69) is 10.6 Å². The van der Waals surface area contributed by atoms with E-state index in [-0.39, 0.29) is 6.41 Å². The largest absolute Gasteiger partial charge is 0.477 e. The van der Waals surface area contributed by atoms with Crippen LogP contribution in [0.5, 0.6) is 0 Å². The number of ether oxygens (including phenoxy) is 5. The molecule has 3 heterocycles.